The SMILES string of the molecule is Cc1oncc1C(=O)NC1(C#N)CCN(C)CC1. The fraction of sp³-hybridized carbons (Fsp3) is 0.583. The Morgan fingerprint density at radius 1 is 1.61 bits per heavy atom. The van der Waals surface area contributed by atoms with Crippen LogP contribution < -0.4 is 5.32 Å². The molecule has 2 rings (SSSR count). The zero-order chi connectivity index (χ0) is 13.2. The highest BCUT2D eigenvalue weighted by Crippen LogP contribution is 2.21. The highest BCUT2D eigenvalue weighted by atomic mass is 16.5. The number of aryl methyl sites for hydroxylation is 1. The second-order valence-electron chi connectivity index (χ2n) is 4.75. The van der Waals surface area contributed by atoms with Crippen molar-refractivity contribution in [1.82, 2.24) is 15.4 Å². The molecule has 0 bridgehead atoms. The Kier molecular flexibility index (Phi) is 3.34. The molecule has 1 aromatic rings. The van der Waals surface area contributed by atoms with E-state index >= 15 is 0 Å². The first-order chi connectivity index (χ1) is 8.56. The Hall–Kier alpha value is -1.87. The Labute approximate surface area is 106 Å². The van der Waals surface area contributed by atoms with Crippen LogP contribution in [0.4, 0.5) is 0 Å². The summed E-state index contributed by atoms with van der Waals surface area (Å²) in [4.78, 5) is 14.2. The van der Waals surface area contributed by atoms with E-state index in [2.05, 4.69) is 21.4 Å². The molecule has 0 atom stereocenters. The molecule has 0 unspecified atom stereocenters. The van der Waals surface area contributed by atoms with E-state index in [1.807, 2.05) is 7.05 Å². The molecular formula is C12H16N4O2. The average molecular weight is 248 g/mol. The predicted molar refractivity (Wildman–Crippen MR) is 63.8 cm³/mol. The molecule has 6 heteroatoms. The molecular weight excluding hydrogens is 232 g/mol. The van der Waals surface area contributed by atoms with Crippen molar-refractivity contribution >= 4 is 5.91 Å². The maximum absolute atomic E-state index is 12.1. The summed E-state index contributed by atoms with van der Waals surface area (Å²) in [6.07, 6.45) is 2.65. The summed E-state index contributed by atoms with van der Waals surface area (Å²) in [5.41, 5.74) is -0.378. The quantitative estimate of drug-likeness (QED) is 0.833. The van der Waals surface area contributed by atoms with Crippen molar-refractivity contribution in [1.29, 1.82) is 5.26 Å². The van der Waals surface area contributed by atoms with Crippen LogP contribution in [0.3, 0.4) is 0 Å². The fourth-order valence-corrected chi connectivity index (χ4v) is 2.07. The van der Waals surface area contributed by atoms with Crippen LogP contribution >= 0.6 is 0 Å². The molecule has 0 aliphatic carbocycles. The number of nitriles is 1. The highest BCUT2D eigenvalue weighted by Gasteiger charge is 2.36. The number of amides is 1. The van der Waals surface area contributed by atoms with Gasteiger partial charge >= 0.3 is 0 Å². The van der Waals surface area contributed by atoms with Gasteiger partial charge in [0.15, 0.2) is 0 Å². The van der Waals surface area contributed by atoms with Crippen LogP contribution in [0.15, 0.2) is 10.7 Å². The molecule has 96 valence electrons. The molecule has 1 fully saturated rings. The first kappa shape index (κ1) is 12.6. The topological polar surface area (TPSA) is 82.2 Å². The molecule has 18 heavy (non-hydrogen) atoms. The fourth-order valence-electron chi connectivity index (χ4n) is 2.07. The molecule has 1 amide bonds. The van der Waals surface area contributed by atoms with E-state index in [-0.39, 0.29) is 5.91 Å². The number of hydrogen-bond donors (Lipinski definition) is 1. The molecule has 1 aliphatic rings. The summed E-state index contributed by atoms with van der Waals surface area (Å²) in [6.45, 7) is 3.28. The molecule has 0 saturated carbocycles. The maximum atomic E-state index is 12.1. The number of rotatable bonds is 2. The standard InChI is InChI=1S/C12H16N4O2/c1-9-10(7-14-18-9)11(17)15-12(8-13)3-5-16(2)6-4-12/h7H,3-6H2,1-2H3,(H,15,17). The first-order valence-corrected chi connectivity index (χ1v) is 5.90. The summed E-state index contributed by atoms with van der Waals surface area (Å²) in [5, 5.41) is 15.7. The van der Waals surface area contributed by atoms with Gasteiger partial charge in [0.1, 0.15) is 16.9 Å². The van der Waals surface area contributed by atoms with Gasteiger partial charge in [0.2, 0.25) is 0 Å². The van der Waals surface area contributed by atoms with Crippen LogP contribution in [-0.2, 0) is 0 Å². The summed E-state index contributed by atoms with van der Waals surface area (Å²) in [6, 6.07) is 2.24. The van der Waals surface area contributed by atoms with Gasteiger partial charge in [0.25, 0.3) is 5.91 Å². The smallest absolute Gasteiger partial charge is 0.257 e. The zero-order valence-corrected chi connectivity index (χ0v) is 10.6. The van der Waals surface area contributed by atoms with Gasteiger partial charge in [-0.15, -0.1) is 0 Å². The molecule has 0 spiro atoms. The Bertz CT molecular complexity index is 481. The number of piperidine rings is 1. The van der Waals surface area contributed by atoms with Crippen molar-refractivity contribution in [3.63, 3.8) is 0 Å². The molecule has 1 aromatic heterocycles. The number of hydrogen-bond acceptors (Lipinski definition) is 5. The Morgan fingerprint density at radius 2 is 2.28 bits per heavy atom. The van der Waals surface area contributed by atoms with Crippen molar-refractivity contribution in [2.75, 3.05) is 20.1 Å². The van der Waals surface area contributed by atoms with Gasteiger partial charge in [-0.3, -0.25) is 4.79 Å². The average Bonchev–Trinajstić information content (AvgIpc) is 2.79. The van der Waals surface area contributed by atoms with Gasteiger partial charge in [-0.05, 0) is 26.8 Å². The largest absolute Gasteiger partial charge is 0.361 e. The van der Waals surface area contributed by atoms with Gasteiger partial charge in [0, 0.05) is 13.1 Å². The third-order valence-corrected chi connectivity index (χ3v) is 3.40. The van der Waals surface area contributed by atoms with Crippen LogP contribution in [0.1, 0.15) is 29.0 Å². The van der Waals surface area contributed by atoms with E-state index in [1.54, 1.807) is 6.92 Å². The number of carbonyl (C=O) groups is 1. The van der Waals surface area contributed by atoms with Gasteiger partial charge in [0.05, 0.1) is 12.3 Å². The van der Waals surface area contributed by atoms with E-state index in [9.17, 15) is 10.1 Å². The molecule has 1 saturated heterocycles. The van der Waals surface area contributed by atoms with Crippen molar-refractivity contribution < 1.29 is 9.32 Å². The molecule has 0 aromatic carbocycles. The van der Waals surface area contributed by atoms with Gasteiger partial charge in [-0.25, -0.2) is 0 Å². The van der Waals surface area contributed by atoms with E-state index < -0.39 is 5.54 Å². The van der Waals surface area contributed by atoms with E-state index in [0.717, 1.165) is 13.1 Å². The highest BCUT2D eigenvalue weighted by molar-refractivity contribution is 5.95. The molecule has 0 radical (unpaired) electrons. The number of carbonyl (C=O) groups excluding carboxylic acids is 1. The monoisotopic (exact) mass is 248 g/mol. The summed E-state index contributed by atoms with van der Waals surface area (Å²) in [5.74, 6) is 0.174. The molecule has 1 aliphatic heterocycles. The Balaban J connectivity index is 2.10. The number of aromatic nitrogens is 1. The maximum Gasteiger partial charge on any atom is 0.257 e. The first-order valence-electron chi connectivity index (χ1n) is 5.90. The van der Waals surface area contributed by atoms with Crippen molar-refractivity contribution in [2.24, 2.45) is 0 Å². The lowest BCUT2D eigenvalue weighted by Gasteiger charge is -2.35. The second-order valence-corrected chi connectivity index (χ2v) is 4.75. The van der Waals surface area contributed by atoms with Gasteiger partial charge < -0.3 is 14.7 Å². The van der Waals surface area contributed by atoms with Crippen LogP contribution in [0.5, 0.6) is 0 Å². The van der Waals surface area contributed by atoms with E-state index in [1.165, 1.54) is 6.20 Å². The van der Waals surface area contributed by atoms with E-state index in [4.69, 9.17) is 4.52 Å². The van der Waals surface area contributed by atoms with Crippen molar-refractivity contribution in [2.45, 2.75) is 25.3 Å². The third kappa shape index (κ3) is 2.36. The minimum atomic E-state index is -0.771. The zero-order valence-electron chi connectivity index (χ0n) is 10.6. The van der Waals surface area contributed by atoms with Crippen molar-refractivity contribution in [3.05, 3.63) is 17.5 Å². The summed E-state index contributed by atoms with van der Waals surface area (Å²) < 4.78 is 4.86. The van der Waals surface area contributed by atoms with E-state index in [0.29, 0.717) is 24.2 Å². The molecule has 2 heterocycles. The molecule has 6 nitrogen and oxygen atoms in total. The van der Waals surface area contributed by atoms with Crippen LogP contribution in [0, 0.1) is 18.3 Å². The van der Waals surface area contributed by atoms with Gasteiger partial charge in [-0.1, -0.05) is 5.16 Å². The minimum absolute atomic E-state index is 0.292. The van der Waals surface area contributed by atoms with Crippen LogP contribution in [0.25, 0.3) is 0 Å². The number of nitrogens with zero attached hydrogens (tertiary/aromatic N) is 3. The summed E-state index contributed by atoms with van der Waals surface area (Å²) in [7, 11) is 2.01. The van der Waals surface area contributed by atoms with Gasteiger partial charge in [-0.2, -0.15) is 5.26 Å². The number of nitrogens with one attached hydrogen (secondary N) is 1. The predicted octanol–water partition coefficient (Wildman–Crippen LogP) is 0.701. The molecule has 1 N–H and O–H groups in total. The lowest BCUT2D eigenvalue weighted by Crippen LogP contribution is -2.53. The lowest BCUT2D eigenvalue weighted by molar-refractivity contribution is 0.0880. The second kappa shape index (κ2) is 4.78. The normalized spacial score (nSPS) is 19.2. The number of likely N-dealkylation sites (tertiary alicyclic amines) is 1. The van der Waals surface area contributed by atoms with Crippen molar-refractivity contribution in [3.8, 4) is 6.07 Å². The summed E-state index contributed by atoms with van der Waals surface area (Å²) >= 11 is 0. The Morgan fingerprint density at radius 3 is 2.78 bits per heavy atom. The van der Waals surface area contributed by atoms with Crippen LogP contribution in [-0.4, -0.2) is 41.6 Å². The lowest BCUT2D eigenvalue weighted by atomic mass is 9.89. The third-order valence-electron chi connectivity index (χ3n) is 3.40. The van der Waals surface area contributed by atoms with Crippen LogP contribution in [0.2, 0.25) is 0 Å². The minimum Gasteiger partial charge on any atom is -0.361 e.